The zero-order chi connectivity index (χ0) is 19.2. The highest BCUT2D eigenvalue weighted by atomic mass is 35.5. The summed E-state index contributed by atoms with van der Waals surface area (Å²) in [6.45, 7) is 1.09. The van der Waals surface area contributed by atoms with E-state index in [0.717, 1.165) is 28.6 Å². The van der Waals surface area contributed by atoms with Crippen molar-refractivity contribution in [3.63, 3.8) is 0 Å². The molecule has 8 heteroatoms. The fourth-order valence-electron chi connectivity index (χ4n) is 3.44. The van der Waals surface area contributed by atoms with Crippen molar-refractivity contribution in [2.45, 2.75) is 17.9 Å². The molecule has 4 rings (SSSR count). The van der Waals surface area contributed by atoms with E-state index in [-0.39, 0.29) is 10.8 Å². The molecule has 1 aliphatic rings. The number of halogens is 1. The molecular weight excluding hydrogens is 386 g/mol. The van der Waals surface area contributed by atoms with E-state index in [1.165, 1.54) is 19.2 Å². The lowest BCUT2D eigenvalue weighted by Crippen LogP contribution is -2.35. The zero-order valence-electron chi connectivity index (χ0n) is 14.6. The summed E-state index contributed by atoms with van der Waals surface area (Å²) in [4.78, 5) is 18.2. The second-order valence-electron chi connectivity index (χ2n) is 6.48. The van der Waals surface area contributed by atoms with Crippen LogP contribution in [0.3, 0.4) is 0 Å². The minimum Gasteiger partial charge on any atom is -0.358 e. The monoisotopic (exact) mass is 403 g/mol. The van der Waals surface area contributed by atoms with Crippen LogP contribution in [0.1, 0.15) is 21.6 Å². The van der Waals surface area contributed by atoms with Crippen molar-refractivity contribution in [1.82, 2.24) is 14.6 Å². The number of nitrogens with zero attached hydrogens (tertiary/aromatic N) is 1. The van der Waals surface area contributed by atoms with Crippen molar-refractivity contribution < 1.29 is 13.2 Å². The number of carbonyl (C=O) groups is 1. The molecule has 1 aliphatic heterocycles. The Morgan fingerprint density at radius 3 is 2.63 bits per heavy atom. The maximum Gasteiger partial charge on any atom is 0.254 e. The average Bonchev–Trinajstić information content (AvgIpc) is 3.04. The van der Waals surface area contributed by atoms with Crippen LogP contribution in [-0.4, -0.2) is 37.8 Å². The number of hydrogen-bond donors (Lipinski definition) is 2. The fourth-order valence-corrected chi connectivity index (χ4v) is 4.34. The maximum atomic E-state index is 12.9. The smallest absolute Gasteiger partial charge is 0.254 e. The van der Waals surface area contributed by atoms with Crippen LogP contribution in [0.25, 0.3) is 10.9 Å². The molecular formula is C19H18ClN3O3S. The molecule has 0 atom stereocenters. The highest BCUT2D eigenvalue weighted by molar-refractivity contribution is 7.89. The summed E-state index contributed by atoms with van der Waals surface area (Å²) in [5, 5.41) is 1.69. The molecule has 140 valence electrons. The first-order valence-electron chi connectivity index (χ1n) is 8.51. The van der Waals surface area contributed by atoms with Gasteiger partial charge in [0.05, 0.1) is 4.90 Å². The van der Waals surface area contributed by atoms with E-state index in [2.05, 4.69) is 9.71 Å². The molecule has 27 heavy (non-hydrogen) atoms. The van der Waals surface area contributed by atoms with Gasteiger partial charge in [0.2, 0.25) is 10.0 Å². The molecule has 0 aliphatic carbocycles. The predicted molar refractivity (Wildman–Crippen MR) is 104 cm³/mol. The average molecular weight is 404 g/mol. The Kier molecular flexibility index (Phi) is 4.46. The summed E-state index contributed by atoms with van der Waals surface area (Å²) >= 11 is 6.13. The van der Waals surface area contributed by atoms with Crippen LogP contribution in [0.15, 0.2) is 47.4 Å². The second kappa shape index (κ2) is 6.67. The van der Waals surface area contributed by atoms with E-state index in [4.69, 9.17) is 11.6 Å². The summed E-state index contributed by atoms with van der Waals surface area (Å²) in [6.07, 6.45) is 0.736. The maximum absolute atomic E-state index is 12.9. The van der Waals surface area contributed by atoms with Crippen molar-refractivity contribution in [2.75, 3.05) is 13.6 Å². The number of aromatic amines is 1. The lowest BCUT2D eigenvalue weighted by molar-refractivity contribution is 0.0735. The van der Waals surface area contributed by atoms with Crippen molar-refractivity contribution in [3.05, 3.63) is 64.3 Å². The summed E-state index contributed by atoms with van der Waals surface area (Å²) in [6, 6.07) is 11.7. The first-order valence-corrected chi connectivity index (χ1v) is 10.4. The number of hydrogen-bond acceptors (Lipinski definition) is 3. The van der Waals surface area contributed by atoms with Crippen molar-refractivity contribution >= 4 is 38.4 Å². The SMILES string of the molecule is CNS(=O)(=O)c1ccc(C(=O)N2CCc3[nH]c4ccc(Cl)cc4c3C2)cc1. The Morgan fingerprint density at radius 1 is 1.19 bits per heavy atom. The molecule has 2 aromatic carbocycles. The number of nitrogens with one attached hydrogen (secondary N) is 2. The molecule has 0 unspecified atom stereocenters. The van der Waals surface area contributed by atoms with E-state index in [1.54, 1.807) is 17.0 Å². The number of carbonyl (C=O) groups excluding carboxylic acids is 1. The van der Waals surface area contributed by atoms with Crippen LogP contribution in [0, 0.1) is 0 Å². The number of fused-ring (bicyclic) bond motifs is 3. The van der Waals surface area contributed by atoms with Crippen molar-refractivity contribution in [2.24, 2.45) is 0 Å². The molecule has 1 aromatic heterocycles. The van der Waals surface area contributed by atoms with Crippen molar-refractivity contribution in [1.29, 1.82) is 0 Å². The molecule has 0 saturated carbocycles. The van der Waals surface area contributed by atoms with Gasteiger partial charge in [-0.25, -0.2) is 13.1 Å². The van der Waals surface area contributed by atoms with Crippen LogP contribution < -0.4 is 4.72 Å². The molecule has 0 saturated heterocycles. The van der Waals surface area contributed by atoms with E-state index in [9.17, 15) is 13.2 Å². The Morgan fingerprint density at radius 2 is 1.93 bits per heavy atom. The van der Waals surface area contributed by atoms with Gasteiger partial charge in [0.25, 0.3) is 5.91 Å². The number of benzene rings is 2. The molecule has 1 amide bonds. The molecule has 6 nitrogen and oxygen atoms in total. The Bertz CT molecular complexity index is 1140. The van der Waals surface area contributed by atoms with Gasteiger partial charge in [-0.15, -0.1) is 0 Å². The van der Waals surface area contributed by atoms with Gasteiger partial charge in [-0.05, 0) is 49.5 Å². The first-order chi connectivity index (χ1) is 12.9. The van der Waals surface area contributed by atoms with Crippen LogP contribution in [0.4, 0.5) is 0 Å². The van der Waals surface area contributed by atoms with Crippen molar-refractivity contribution in [3.8, 4) is 0 Å². The molecule has 2 N–H and O–H groups in total. The second-order valence-corrected chi connectivity index (χ2v) is 8.80. The van der Waals surface area contributed by atoms with Gasteiger partial charge in [0, 0.05) is 52.3 Å². The van der Waals surface area contributed by atoms with Crippen LogP contribution in [-0.2, 0) is 23.0 Å². The number of amides is 1. The van der Waals surface area contributed by atoms with Crippen LogP contribution >= 0.6 is 11.6 Å². The standard InChI is InChI=1S/C19H18ClN3O3S/c1-21-27(25,26)14-5-2-12(3-6-14)19(24)23-9-8-18-16(11-23)15-10-13(20)4-7-17(15)22-18/h2-7,10,21-22H,8-9,11H2,1H3. The number of H-pyrrole nitrogens is 1. The number of sulfonamides is 1. The first kappa shape index (κ1) is 18.0. The fraction of sp³-hybridized carbons (Fsp3) is 0.211. The Balaban J connectivity index is 1.61. The number of rotatable bonds is 3. The van der Waals surface area contributed by atoms with Gasteiger partial charge in [-0.1, -0.05) is 11.6 Å². The van der Waals surface area contributed by atoms with E-state index in [0.29, 0.717) is 23.7 Å². The summed E-state index contributed by atoms with van der Waals surface area (Å²) in [5.74, 6) is -0.120. The largest absolute Gasteiger partial charge is 0.358 e. The predicted octanol–water partition coefficient (Wildman–Crippen LogP) is 2.93. The summed E-state index contributed by atoms with van der Waals surface area (Å²) < 4.78 is 25.9. The quantitative estimate of drug-likeness (QED) is 0.705. The molecule has 0 radical (unpaired) electrons. The minimum absolute atomic E-state index is 0.120. The topological polar surface area (TPSA) is 82.3 Å². The van der Waals surface area contributed by atoms with Gasteiger partial charge in [-0.2, -0.15) is 0 Å². The molecule has 3 aromatic rings. The van der Waals surface area contributed by atoms with Gasteiger partial charge in [-0.3, -0.25) is 4.79 Å². The highest BCUT2D eigenvalue weighted by Gasteiger charge is 2.25. The third-order valence-electron chi connectivity index (χ3n) is 4.90. The molecule has 0 fully saturated rings. The zero-order valence-corrected chi connectivity index (χ0v) is 16.2. The lowest BCUT2D eigenvalue weighted by atomic mass is 10.0. The van der Waals surface area contributed by atoms with Crippen LogP contribution in [0.2, 0.25) is 5.02 Å². The Hall–Kier alpha value is -2.35. The number of aromatic nitrogens is 1. The minimum atomic E-state index is -3.52. The summed E-state index contributed by atoms with van der Waals surface area (Å²) in [5.41, 5.74) is 3.69. The normalized spacial score (nSPS) is 14.4. The highest BCUT2D eigenvalue weighted by Crippen LogP contribution is 2.30. The Labute approximate surface area is 162 Å². The summed E-state index contributed by atoms with van der Waals surface area (Å²) in [7, 11) is -2.16. The van der Waals surface area contributed by atoms with Gasteiger partial charge in [0.1, 0.15) is 0 Å². The van der Waals surface area contributed by atoms with E-state index in [1.807, 2.05) is 18.2 Å². The van der Waals surface area contributed by atoms with E-state index < -0.39 is 10.0 Å². The van der Waals surface area contributed by atoms with Gasteiger partial charge >= 0.3 is 0 Å². The van der Waals surface area contributed by atoms with Gasteiger partial charge < -0.3 is 9.88 Å². The molecule has 2 heterocycles. The molecule has 0 bridgehead atoms. The van der Waals surface area contributed by atoms with E-state index >= 15 is 0 Å². The third-order valence-corrected chi connectivity index (χ3v) is 6.57. The van der Waals surface area contributed by atoms with Crippen LogP contribution in [0.5, 0.6) is 0 Å². The third kappa shape index (κ3) is 3.22. The lowest BCUT2D eigenvalue weighted by Gasteiger charge is -2.27. The molecule has 0 spiro atoms. The van der Waals surface area contributed by atoms with Gasteiger partial charge in [0.15, 0.2) is 0 Å².